The Hall–Kier alpha value is -4.46. The summed E-state index contributed by atoms with van der Waals surface area (Å²) < 4.78 is 47.5. The SMILES string of the molecule is CC.COc1ccc(CN(ONOc2cc3oc(=O)n(C(C)c4cccc(C)c4Br)c3cc2F)c2cccc(F)n2)c(OC)c1. The average molecular weight is 688 g/mol. The number of rotatable bonds is 11. The number of nitrogens with zero attached hydrogens (tertiary/aromatic N) is 3. The van der Waals surface area contributed by atoms with Gasteiger partial charge in [0.1, 0.15) is 11.5 Å². The molecule has 0 spiro atoms. The molecule has 5 aromatic rings. The lowest BCUT2D eigenvalue weighted by Crippen LogP contribution is -2.34. The first-order valence-corrected chi connectivity index (χ1v) is 14.8. The Morgan fingerprint density at radius 2 is 1.78 bits per heavy atom. The summed E-state index contributed by atoms with van der Waals surface area (Å²) in [6.45, 7) is 7.78. The molecule has 0 saturated carbocycles. The van der Waals surface area contributed by atoms with Gasteiger partial charge in [-0.15, -0.1) is 4.94 Å². The van der Waals surface area contributed by atoms with Crippen LogP contribution >= 0.6 is 15.9 Å². The van der Waals surface area contributed by atoms with Gasteiger partial charge >= 0.3 is 5.76 Å². The van der Waals surface area contributed by atoms with Gasteiger partial charge in [-0.25, -0.2) is 19.2 Å². The molecule has 13 heteroatoms. The predicted octanol–water partition coefficient (Wildman–Crippen LogP) is 7.43. The highest BCUT2D eigenvalue weighted by molar-refractivity contribution is 9.10. The van der Waals surface area contributed by atoms with Crippen molar-refractivity contribution in [2.24, 2.45) is 0 Å². The number of hydrogen-bond donors (Lipinski definition) is 1. The Labute approximate surface area is 267 Å². The monoisotopic (exact) mass is 686 g/mol. The zero-order chi connectivity index (χ0) is 32.7. The number of benzene rings is 3. The molecule has 10 nitrogen and oxygen atoms in total. The van der Waals surface area contributed by atoms with Gasteiger partial charge in [0, 0.05) is 28.2 Å². The van der Waals surface area contributed by atoms with Gasteiger partial charge in [0.05, 0.1) is 32.3 Å². The molecule has 0 radical (unpaired) electrons. The normalized spacial score (nSPS) is 11.5. The van der Waals surface area contributed by atoms with Crippen LogP contribution in [0.15, 0.2) is 80.4 Å². The van der Waals surface area contributed by atoms with Gasteiger partial charge in [0.15, 0.2) is 23.0 Å². The molecule has 0 aliphatic rings. The van der Waals surface area contributed by atoms with Gasteiger partial charge in [-0.2, -0.15) is 4.39 Å². The molecule has 1 N–H and O–H groups in total. The van der Waals surface area contributed by atoms with Crippen molar-refractivity contribution >= 4 is 32.8 Å². The standard InChI is InChI=1S/C30H27BrF2N4O6.C2H6/c1-17-7-5-8-21(29(17)31)18(2)37-23-14-22(32)25(15-26(23)41-30(37)38)42-35-43-36(28-10-6-9-27(33)34-28)16-19-11-12-20(39-3)13-24(19)40-4;1-2/h5-15,18,35H,16H2,1-4H3;1-2H3. The highest BCUT2D eigenvalue weighted by Gasteiger charge is 2.22. The number of hydrogen-bond acceptors (Lipinski definition) is 9. The molecule has 45 heavy (non-hydrogen) atoms. The number of anilines is 1. The summed E-state index contributed by atoms with van der Waals surface area (Å²) in [5.74, 6) is -1.36. The minimum atomic E-state index is -0.791. The smallest absolute Gasteiger partial charge is 0.420 e. The van der Waals surface area contributed by atoms with Crippen molar-refractivity contribution in [2.45, 2.75) is 40.3 Å². The Bertz CT molecular complexity index is 1830. The minimum absolute atomic E-state index is 0.0195. The Balaban J connectivity index is 0.00000226. The van der Waals surface area contributed by atoms with Crippen molar-refractivity contribution in [1.29, 1.82) is 0 Å². The fraction of sp³-hybridized carbons (Fsp3) is 0.250. The predicted molar refractivity (Wildman–Crippen MR) is 169 cm³/mol. The zero-order valence-electron chi connectivity index (χ0n) is 25.6. The number of aromatic nitrogens is 2. The van der Waals surface area contributed by atoms with E-state index in [4.69, 9.17) is 23.7 Å². The fourth-order valence-electron chi connectivity index (χ4n) is 4.55. The van der Waals surface area contributed by atoms with Crippen LogP contribution < -0.4 is 30.8 Å². The van der Waals surface area contributed by atoms with E-state index in [0.29, 0.717) is 17.1 Å². The number of halogens is 3. The van der Waals surface area contributed by atoms with Crippen LogP contribution in [0.1, 0.15) is 43.5 Å². The molecule has 0 bridgehead atoms. The van der Waals surface area contributed by atoms with Gasteiger partial charge in [0.25, 0.3) is 0 Å². The van der Waals surface area contributed by atoms with Crippen molar-refractivity contribution < 1.29 is 32.4 Å². The third-order valence-electron chi connectivity index (χ3n) is 6.79. The van der Waals surface area contributed by atoms with Crippen LogP contribution in [0.2, 0.25) is 0 Å². The first kappa shape index (κ1) is 33.4. The number of fused-ring (bicyclic) bond motifs is 1. The summed E-state index contributed by atoms with van der Waals surface area (Å²) in [4.78, 5) is 27.6. The molecule has 238 valence electrons. The van der Waals surface area contributed by atoms with Crippen LogP contribution in [0.5, 0.6) is 17.2 Å². The van der Waals surface area contributed by atoms with E-state index in [0.717, 1.165) is 21.7 Å². The third-order valence-corrected chi connectivity index (χ3v) is 7.87. The molecule has 0 fully saturated rings. The van der Waals surface area contributed by atoms with Crippen LogP contribution in [-0.2, 0) is 11.5 Å². The lowest BCUT2D eigenvalue weighted by molar-refractivity contribution is -0.122. The Morgan fingerprint density at radius 3 is 2.49 bits per heavy atom. The number of pyridine rings is 1. The molecular formula is C32H33BrF2N4O6. The molecule has 1 atom stereocenters. The Morgan fingerprint density at radius 1 is 1.02 bits per heavy atom. The molecule has 0 amide bonds. The van der Waals surface area contributed by atoms with Crippen LogP contribution in [0, 0.1) is 18.7 Å². The molecule has 2 aromatic heterocycles. The van der Waals surface area contributed by atoms with Gasteiger partial charge in [-0.05, 0) is 54.9 Å². The molecule has 3 aromatic carbocycles. The van der Waals surface area contributed by atoms with Crippen LogP contribution in [0.25, 0.3) is 11.1 Å². The topological polar surface area (TPSA) is 100 Å². The van der Waals surface area contributed by atoms with E-state index < -0.39 is 23.6 Å². The lowest BCUT2D eigenvalue weighted by atomic mass is 10.1. The third kappa shape index (κ3) is 7.44. The summed E-state index contributed by atoms with van der Waals surface area (Å²) in [5, 5.41) is 1.18. The maximum Gasteiger partial charge on any atom is 0.420 e. The summed E-state index contributed by atoms with van der Waals surface area (Å²) in [7, 11) is 3.03. The number of oxazole rings is 1. The maximum atomic E-state index is 15.2. The van der Waals surface area contributed by atoms with E-state index in [1.165, 1.54) is 48.1 Å². The first-order chi connectivity index (χ1) is 21.7. The van der Waals surface area contributed by atoms with Crippen molar-refractivity contribution in [3.8, 4) is 17.2 Å². The molecule has 2 heterocycles. The van der Waals surface area contributed by atoms with E-state index in [-0.39, 0.29) is 29.2 Å². The van der Waals surface area contributed by atoms with Crippen LogP contribution in [0.4, 0.5) is 14.6 Å². The largest absolute Gasteiger partial charge is 0.497 e. The molecule has 5 rings (SSSR count). The van der Waals surface area contributed by atoms with E-state index in [1.54, 1.807) is 18.2 Å². The van der Waals surface area contributed by atoms with E-state index in [9.17, 15) is 9.18 Å². The second-order valence-electron chi connectivity index (χ2n) is 9.45. The molecule has 0 aliphatic heterocycles. The highest BCUT2D eigenvalue weighted by atomic mass is 79.9. The van der Waals surface area contributed by atoms with Crippen molar-refractivity contribution in [3.05, 3.63) is 110 Å². The lowest BCUT2D eigenvalue weighted by Gasteiger charge is -2.23. The fourth-order valence-corrected chi connectivity index (χ4v) is 5.15. The van der Waals surface area contributed by atoms with E-state index in [1.807, 2.05) is 45.9 Å². The number of ether oxygens (including phenoxy) is 2. The maximum absolute atomic E-state index is 15.2. The second kappa shape index (κ2) is 15.0. The number of hydroxylamine groups is 1. The molecule has 0 saturated heterocycles. The number of methoxy groups -OCH3 is 2. The minimum Gasteiger partial charge on any atom is -0.497 e. The molecule has 1 unspecified atom stereocenters. The van der Waals surface area contributed by atoms with Gasteiger partial charge in [-0.3, -0.25) is 4.57 Å². The summed E-state index contributed by atoms with van der Waals surface area (Å²) in [5.41, 5.74) is 5.03. The summed E-state index contributed by atoms with van der Waals surface area (Å²) in [6.07, 6.45) is 0. The second-order valence-corrected chi connectivity index (χ2v) is 10.2. The van der Waals surface area contributed by atoms with E-state index >= 15 is 4.39 Å². The van der Waals surface area contributed by atoms with Gasteiger partial charge < -0.3 is 18.7 Å². The molecular weight excluding hydrogens is 654 g/mol. The molecule has 0 aliphatic carbocycles. The quantitative estimate of drug-likeness (QED) is 0.112. The van der Waals surface area contributed by atoms with Gasteiger partial charge in [-0.1, -0.05) is 54.0 Å². The summed E-state index contributed by atoms with van der Waals surface area (Å²) >= 11 is 3.57. The van der Waals surface area contributed by atoms with Gasteiger partial charge in [0.2, 0.25) is 5.95 Å². The van der Waals surface area contributed by atoms with Crippen molar-refractivity contribution in [3.63, 3.8) is 0 Å². The zero-order valence-corrected chi connectivity index (χ0v) is 27.1. The first-order valence-electron chi connectivity index (χ1n) is 14.0. The van der Waals surface area contributed by atoms with Crippen LogP contribution in [0.3, 0.4) is 0 Å². The average Bonchev–Trinajstić information content (AvgIpc) is 3.36. The van der Waals surface area contributed by atoms with E-state index in [2.05, 4.69) is 26.6 Å². The Kier molecular flexibility index (Phi) is 11.2. The number of nitrogens with one attached hydrogen (secondary N) is 1. The highest BCUT2D eigenvalue weighted by Crippen LogP contribution is 2.32. The van der Waals surface area contributed by atoms with Crippen molar-refractivity contribution in [1.82, 2.24) is 15.2 Å². The van der Waals surface area contributed by atoms with Crippen molar-refractivity contribution in [2.75, 3.05) is 19.3 Å². The summed E-state index contributed by atoms with van der Waals surface area (Å²) in [6, 6.07) is 16.9. The van der Waals surface area contributed by atoms with Crippen LogP contribution in [-0.4, -0.2) is 23.8 Å². The number of aryl methyl sites for hydroxylation is 1.